The van der Waals surface area contributed by atoms with Crippen LogP contribution >= 0.6 is 12.4 Å². The Morgan fingerprint density at radius 2 is 2.24 bits per heavy atom. The average molecular weight is 253 g/mol. The summed E-state index contributed by atoms with van der Waals surface area (Å²) in [6, 6.07) is 7.51. The van der Waals surface area contributed by atoms with Crippen molar-refractivity contribution in [1.29, 1.82) is 0 Å². The third-order valence-corrected chi connectivity index (χ3v) is 2.71. The molecule has 0 aromatic heterocycles. The lowest BCUT2D eigenvalue weighted by molar-refractivity contribution is 0.0762. The molecule has 0 saturated heterocycles. The van der Waals surface area contributed by atoms with E-state index < -0.39 is 0 Å². The fraction of sp³-hybridized carbons (Fsp3) is 0.308. The first-order chi connectivity index (χ1) is 7.72. The van der Waals surface area contributed by atoms with E-state index in [0.29, 0.717) is 23.8 Å². The highest BCUT2D eigenvalue weighted by molar-refractivity contribution is 5.95. The van der Waals surface area contributed by atoms with E-state index in [1.165, 1.54) is 0 Å². The molecule has 0 unspecified atom stereocenters. The summed E-state index contributed by atoms with van der Waals surface area (Å²) < 4.78 is 0. The summed E-state index contributed by atoms with van der Waals surface area (Å²) in [5.74, 6) is 0.0506. The number of nitrogen functional groups attached to an aromatic ring is 1. The zero-order chi connectivity index (χ0) is 11.5. The molecule has 0 radical (unpaired) electrons. The number of carbonyl (C=O) groups is 1. The van der Waals surface area contributed by atoms with Crippen molar-refractivity contribution < 1.29 is 4.79 Å². The van der Waals surface area contributed by atoms with E-state index in [4.69, 9.17) is 5.73 Å². The molecule has 1 saturated carbocycles. The minimum absolute atomic E-state index is 0. The molecule has 0 atom stereocenters. The maximum absolute atomic E-state index is 12.2. The number of anilines is 1. The second kappa shape index (κ2) is 5.73. The molecule has 17 heavy (non-hydrogen) atoms. The number of nitrogens with two attached hydrogens (primary N) is 1. The summed E-state index contributed by atoms with van der Waals surface area (Å²) in [6.07, 6.45) is 3.96. The van der Waals surface area contributed by atoms with Gasteiger partial charge in [0.25, 0.3) is 5.91 Å². The third-order valence-electron chi connectivity index (χ3n) is 2.71. The predicted molar refractivity (Wildman–Crippen MR) is 72.4 cm³/mol. The van der Waals surface area contributed by atoms with Gasteiger partial charge in [0.2, 0.25) is 0 Å². The molecule has 4 heteroatoms. The van der Waals surface area contributed by atoms with Gasteiger partial charge in [-0.05, 0) is 31.0 Å². The summed E-state index contributed by atoms with van der Waals surface area (Å²) in [5.41, 5.74) is 6.96. The normalized spacial score (nSPS) is 13.6. The maximum Gasteiger partial charge on any atom is 0.254 e. The van der Waals surface area contributed by atoms with Crippen molar-refractivity contribution >= 4 is 24.0 Å². The van der Waals surface area contributed by atoms with E-state index in [1.54, 1.807) is 24.3 Å². The van der Waals surface area contributed by atoms with Crippen LogP contribution in [0.5, 0.6) is 0 Å². The first-order valence-electron chi connectivity index (χ1n) is 5.50. The Bertz CT molecular complexity index is 416. The molecule has 2 N–H and O–H groups in total. The highest BCUT2D eigenvalue weighted by atomic mass is 35.5. The Balaban J connectivity index is 0.00000144. The van der Waals surface area contributed by atoms with Crippen molar-refractivity contribution in [2.24, 2.45) is 0 Å². The van der Waals surface area contributed by atoms with Gasteiger partial charge in [0.05, 0.1) is 0 Å². The van der Waals surface area contributed by atoms with Gasteiger partial charge < -0.3 is 10.6 Å². The molecule has 2 rings (SSSR count). The summed E-state index contributed by atoms with van der Waals surface area (Å²) >= 11 is 0. The van der Waals surface area contributed by atoms with E-state index in [0.717, 1.165) is 12.8 Å². The molecule has 3 nitrogen and oxygen atoms in total. The molecule has 1 amide bonds. The molecule has 0 aliphatic heterocycles. The van der Waals surface area contributed by atoms with Crippen molar-refractivity contribution in [2.45, 2.75) is 18.9 Å². The van der Waals surface area contributed by atoms with Gasteiger partial charge in [0.15, 0.2) is 0 Å². The molecule has 0 spiro atoms. The lowest BCUT2D eigenvalue weighted by atomic mass is 10.1. The molecule has 1 aromatic carbocycles. The second-order valence-electron chi connectivity index (χ2n) is 4.10. The number of rotatable bonds is 4. The van der Waals surface area contributed by atoms with Gasteiger partial charge in [-0.2, -0.15) is 0 Å². The number of hydrogen-bond acceptors (Lipinski definition) is 2. The zero-order valence-corrected chi connectivity index (χ0v) is 10.5. The van der Waals surface area contributed by atoms with Crippen LogP contribution in [0.4, 0.5) is 5.69 Å². The molecule has 0 heterocycles. The SMILES string of the molecule is C=CCN(C(=O)c1cccc(N)c1)C1CC1.Cl. The molecule has 1 fully saturated rings. The van der Waals surface area contributed by atoms with Crippen LogP contribution in [0.2, 0.25) is 0 Å². The summed E-state index contributed by atoms with van der Waals surface area (Å²) in [7, 11) is 0. The minimum Gasteiger partial charge on any atom is -0.399 e. The average Bonchev–Trinajstić information content (AvgIpc) is 3.09. The highest BCUT2D eigenvalue weighted by Gasteiger charge is 2.32. The summed E-state index contributed by atoms with van der Waals surface area (Å²) in [5, 5.41) is 0. The number of benzene rings is 1. The molecule has 1 aromatic rings. The Labute approximate surface area is 108 Å². The minimum atomic E-state index is 0. The van der Waals surface area contributed by atoms with Crippen LogP contribution in [-0.4, -0.2) is 23.4 Å². The number of carbonyl (C=O) groups excluding carboxylic acids is 1. The van der Waals surface area contributed by atoms with Crippen LogP contribution in [-0.2, 0) is 0 Å². The van der Waals surface area contributed by atoms with E-state index in [2.05, 4.69) is 6.58 Å². The Morgan fingerprint density at radius 1 is 1.53 bits per heavy atom. The van der Waals surface area contributed by atoms with Crippen LogP contribution in [0, 0.1) is 0 Å². The number of amides is 1. The van der Waals surface area contributed by atoms with Crippen LogP contribution in [0.25, 0.3) is 0 Å². The number of hydrogen-bond donors (Lipinski definition) is 1. The van der Waals surface area contributed by atoms with Gasteiger partial charge in [-0.3, -0.25) is 4.79 Å². The Morgan fingerprint density at radius 3 is 2.76 bits per heavy atom. The van der Waals surface area contributed by atoms with Crippen molar-refractivity contribution in [3.8, 4) is 0 Å². The van der Waals surface area contributed by atoms with Crippen LogP contribution < -0.4 is 5.73 Å². The van der Waals surface area contributed by atoms with E-state index in [9.17, 15) is 4.79 Å². The van der Waals surface area contributed by atoms with Crippen molar-refractivity contribution in [2.75, 3.05) is 12.3 Å². The Hall–Kier alpha value is -1.48. The largest absolute Gasteiger partial charge is 0.399 e. The van der Waals surface area contributed by atoms with Crippen molar-refractivity contribution in [3.63, 3.8) is 0 Å². The molecule has 1 aliphatic rings. The lowest BCUT2D eigenvalue weighted by Crippen LogP contribution is -2.33. The standard InChI is InChI=1S/C13H16N2O.ClH/c1-2-8-15(12-6-7-12)13(16)10-4-3-5-11(14)9-10;/h2-5,9,12H,1,6-8,14H2;1H. The molecule has 0 bridgehead atoms. The summed E-state index contributed by atoms with van der Waals surface area (Å²) in [6.45, 7) is 4.30. The third kappa shape index (κ3) is 3.24. The molecular weight excluding hydrogens is 236 g/mol. The van der Waals surface area contributed by atoms with E-state index >= 15 is 0 Å². The monoisotopic (exact) mass is 252 g/mol. The van der Waals surface area contributed by atoms with E-state index in [1.807, 2.05) is 11.0 Å². The molecular formula is C13H17ClN2O. The van der Waals surface area contributed by atoms with Gasteiger partial charge in [-0.25, -0.2) is 0 Å². The van der Waals surface area contributed by atoms with E-state index in [-0.39, 0.29) is 18.3 Å². The molecule has 1 aliphatic carbocycles. The highest BCUT2D eigenvalue weighted by Crippen LogP contribution is 2.28. The van der Waals surface area contributed by atoms with Gasteiger partial charge in [-0.15, -0.1) is 19.0 Å². The predicted octanol–water partition coefficient (Wildman–Crippen LogP) is 2.48. The summed E-state index contributed by atoms with van der Waals surface area (Å²) in [4.78, 5) is 14.1. The zero-order valence-electron chi connectivity index (χ0n) is 9.63. The van der Waals surface area contributed by atoms with Gasteiger partial charge in [-0.1, -0.05) is 12.1 Å². The van der Waals surface area contributed by atoms with Gasteiger partial charge in [0.1, 0.15) is 0 Å². The van der Waals surface area contributed by atoms with Crippen LogP contribution in [0.3, 0.4) is 0 Å². The first kappa shape index (κ1) is 13.6. The Kier molecular flexibility index (Phi) is 4.58. The van der Waals surface area contributed by atoms with Gasteiger partial charge in [0, 0.05) is 23.8 Å². The second-order valence-corrected chi connectivity index (χ2v) is 4.10. The van der Waals surface area contributed by atoms with Gasteiger partial charge >= 0.3 is 0 Å². The topological polar surface area (TPSA) is 46.3 Å². The van der Waals surface area contributed by atoms with Crippen molar-refractivity contribution in [1.82, 2.24) is 4.90 Å². The fourth-order valence-corrected chi connectivity index (χ4v) is 1.76. The lowest BCUT2D eigenvalue weighted by Gasteiger charge is -2.20. The van der Waals surface area contributed by atoms with Crippen molar-refractivity contribution in [3.05, 3.63) is 42.5 Å². The van der Waals surface area contributed by atoms with Crippen LogP contribution in [0.15, 0.2) is 36.9 Å². The van der Waals surface area contributed by atoms with Crippen LogP contribution in [0.1, 0.15) is 23.2 Å². The maximum atomic E-state index is 12.2. The first-order valence-corrected chi connectivity index (χ1v) is 5.50. The number of nitrogens with zero attached hydrogens (tertiary/aromatic N) is 1. The number of halogens is 1. The molecule has 92 valence electrons. The fourth-order valence-electron chi connectivity index (χ4n) is 1.76. The smallest absolute Gasteiger partial charge is 0.254 e. The quantitative estimate of drug-likeness (QED) is 0.661.